The van der Waals surface area contributed by atoms with Gasteiger partial charge in [-0.2, -0.15) is 0 Å². The minimum Gasteiger partial charge on any atom is -0.489 e. The molecule has 1 fully saturated rings. The Balaban J connectivity index is 2.18. The van der Waals surface area contributed by atoms with Crippen LogP contribution in [0.2, 0.25) is 0 Å². The summed E-state index contributed by atoms with van der Waals surface area (Å²) in [5.74, 6) is 1.31. The van der Waals surface area contributed by atoms with Crippen molar-refractivity contribution in [3.8, 4) is 5.75 Å². The Hall–Kier alpha value is -0.830. The number of halogens is 1. The first kappa shape index (κ1) is 12.2. The molecule has 0 spiro atoms. The van der Waals surface area contributed by atoms with Crippen molar-refractivity contribution in [2.75, 3.05) is 0 Å². The molecule has 2 nitrogen and oxygen atoms in total. The van der Waals surface area contributed by atoms with E-state index in [4.69, 9.17) is 4.74 Å². The van der Waals surface area contributed by atoms with Crippen LogP contribution in [0.3, 0.4) is 0 Å². The minimum absolute atomic E-state index is 0.0153. The van der Waals surface area contributed by atoms with Crippen LogP contribution in [0, 0.1) is 18.8 Å². The summed E-state index contributed by atoms with van der Waals surface area (Å²) in [6, 6.07) is 4.26. The normalized spacial score (nSPS) is 37.0. The van der Waals surface area contributed by atoms with E-state index < -0.39 is 0 Å². The molecular formula is C15H17BrO2. The molecule has 1 saturated carbocycles. The van der Waals surface area contributed by atoms with Crippen molar-refractivity contribution in [2.24, 2.45) is 11.8 Å². The van der Waals surface area contributed by atoms with Gasteiger partial charge in [0.15, 0.2) is 0 Å². The molecule has 1 aromatic rings. The van der Waals surface area contributed by atoms with Gasteiger partial charge in [0.25, 0.3) is 0 Å². The SMILES string of the molecule is Cc1cc2c(cc1Br)[C@@]1(C)C[C@@H](O2)[C@H](C=O)[C@H]1C. The number of carbonyl (C=O) groups is 1. The minimum atomic E-state index is 0.0153. The zero-order chi connectivity index (χ0) is 13.1. The highest BCUT2D eigenvalue weighted by atomic mass is 79.9. The van der Waals surface area contributed by atoms with Crippen molar-refractivity contribution in [3.05, 3.63) is 27.7 Å². The second kappa shape index (κ2) is 3.83. The van der Waals surface area contributed by atoms with Crippen molar-refractivity contribution in [2.45, 2.75) is 38.7 Å². The Morgan fingerprint density at radius 1 is 1.50 bits per heavy atom. The summed E-state index contributed by atoms with van der Waals surface area (Å²) in [7, 11) is 0. The average Bonchev–Trinajstić information content (AvgIpc) is 2.52. The van der Waals surface area contributed by atoms with Gasteiger partial charge in [0.05, 0.1) is 5.92 Å². The first-order chi connectivity index (χ1) is 8.47. The van der Waals surface area contributed by atoms with Gasteiger partial charge < -0.3 is 9.53 Å². The molecule has 18 heavy (non-hydrogen) atoms. The van der Waals surface area contributed by atoms with E-state index in [2.05, 4.69) is 48.8 Å². The molecule has 4 atom stereocenters. The smallest absolute Gasteiger partial charge is 0.127 e. The fourth-order valence-corrected chi connectivity index (χ4v) is 3.87. The second-order valence-electron chi connectivity index (χ2n) is 5.88. The Kier molecular flexibility index (Phi) is 2.60. The van der Waals surface area contributed by atoms with Crippen LogP contribution in [-0.4, -0.2) is 12.4 Å². The summed E-state index contributed by atoms with van der Waals surface area (Å²) in [6.07, 6.45) is 2.07. The van der Waals surface area contributed by atoms with Gasteiger partial charge in [0.1, 0.15) is 18.1 Å². The van der Waals surface area contributed by atoms with Crippen LogP contribution in [0.25, 0.3) is 0 Å². The lowest BCUT2D eigenvalue weighted by Crippen LogP contribution is -2.30. The van der Waals surface area contributed by atoms with Crippen LogP contribution < -0.4 is 4.74 Å². The molecule has 3 rings (SSSR count). The number of ether oxygens (including phenoxy) is 1. The predicted octanol–water partition coefficient (Wildman–Crippen LogP) is 3.63. The van der Waals surface area contributed by atoms with E-state index in [1.54, 1.807) is 0 Å². The number of carbonyl (C=O) groups excluding carboxylic acids is 1. The van der Waals surface area contributed by atoms with E-state index in [9.17, 15) is 4.79 Å². The summed E-state index contributed by atoms with van der Waals surface area (Å²) in [5.41, 5.74) is 2.47. The zero-order valence-electron chi connectivity index (χ0n) is 10.9. The van der Waals surface area contributed by atoms with Crippen LogP contribution >= 0.6 is 15.9 Å². The summed E-state index contributed by atoms with van der Waals surface area (Å²) in [6.45, 7) is 6.50. The molecule has 96 valence electrons. The highest BCUT2D eigenvalue weighted by Gasteiger charge is 2.54. The van der Waals surface area contributed by atoms with Crippen molar-refractivity contribution in [1.82, 2.24) is 0 Å². The largest absolute Gasteiger partial charge is 0.489 e. The molecule has 2 bridgehead atoms. The van der Waals surface area contributed by atoms with E-state index in [1.807, 2.05) is 0 Å². The van der Waals surface area contributed by atoms with Gasteiger partial charge in [-0.25, -0.2) is 0 Å². The van der Waals surface area contributed by atoms with Crippen molar-refractivity contribution < 1.29 is 9.53 Å². The molecule has 0 N–H and O–H groups in total. The summed E-state index contributed by atoms with van der Waals surface area (Å²) in [4.78, 5) is 11.3. The van der Waals surface area contributed by atoms with Gasteiger partial charge in [-0.3, -0.25) is 0 Å². The van der Waals surface area contributed by atoms with Gasteiger partial charge in [0.2, 0.25) is 0 Å². The molecule has 0 amide bonds. The Morgan fingerprint density at radius 3 is 2.89 bits per heavy atom. The van der Waals surface area contributed by atoms with Gasteiger partial charge in [0, 0.05) is 15.5 Å². The Labute approximate surface area is 116 Å². The zero-order valence-corrected chi connectivity index (χ0v) is 12.5. The first-order valence-corrected chi connectivity index (χ1v) is 7.19. The third-order valence-electron chi connectivity index (χ3n) is 4.95. The number of benzene rings is 1. The third-order valence-corrected chi connectivity index (χ3v) is 5.80. The topological polar surface area (TPSA) is 26.3 Å². The van der Waals surface area contributed by atoms with Crippen LogP contribution in [0.1, 0.15) is 31.4 Å². The molecule has 0 saturated heterocycles. The first-order valence-electron chi connectivity index (χ1n) is 6.40. The van der Waals surface area contributed by atoms with Gasteiger partial charge in [-0.1, -0.05) is 29.8 Å². The quantitative estimate of drug-likeness (QED) is 0.741. The maximum absolute atomic E-state index is 11.3. The average molecular weight is 309 g/mol. The predicted molar refractivity (Wildman–Crippen MR) is 74.0 cm³/mol. The molecule has 2 aliphatic rings. The highest BCUT2D eigenvalue weighted by molar-refractivity contribution is 9.10. The van der Waals surface area contributed by atoms with Crippen LogP contribution in [0.15, 0.2) is 16.6 Å². The second-order valence-corrected chi connectivity index (χ2v) is 6.73. The fourth-order valence-electron chi connectivity index (χ4n) is 3.53. The summed E-state index contributed by atoms with van der Waals surface area (Å²) < 4.78 is 7.16. The number of hydrogen-bond donors (Lipinski definition) is 0. The molecular weight excluding hydrogens is 292 g/mol. The number of fused-ring (bicyclic) bond motifs is 4. The van der Waals surface area contributed by atoms with Crippen molar-refractivity contribution in [1.29, 1.82) is 0 Å². The molecule has 1 aliphatic carbocycles. The fraction of sp³-hybridized carbons (Fsp3) is 0.533. The van der Waals surface area contributed by atoms with E-state index >= 15 is 0 Å². The molecule has 1 aliphatic heterocycles. The Morgan fingerprint density at radius 2 is 2.22 bits per heavy atom. The standard InChI is InChI=1S/C15H17BrO2/c1-8-4-13-11(5-12(8)16)15(3)6-14(18-13)10(7-17)9(15)2/h4-5,7,9-10,14H,6H2,1-3H3/t9-,10-,14-,15+/m1/s1. The van der Waals surface area contributed by atoms with Gasteiger partial charge >= 0.3 is 0 Å². The lowest BCUT2D eigenvalue weighted by molar-refractivity contribution is -0.113. The van der Waals surface area contributed by atoms with Crippen LogP contribution in [0.5, 0.6) is 5.75 Å². The number of rotatable bonds is 1. The number of aryl methyl sites for hydroxylation is 1. The van der Waals surface area contributed by atoms with Crippen molar-refractivity contribution in [3.63, 3.8) is 0 Å². The molecule has 3 heteroatoms. The third kappa shape index (κ3) is 1.43. The van der Waals surface area contributed by atoms with E-state index in [0.717, 1.165) is 22.9 Å². The van der Waals surface area contributed by atoms with Crippen LogP contribution in [0.4, 0.5) is 0 Å². The van der Waals surface area contributed by atoms with Gasteiger partial charge in [-0.05, 0) is 37.0 Å². The molecule has 0 radical (unpaired) electrons. The molecule has 0 aromatic heterocycles. The maximum atomic E-state index is 11.3. The van der Waals surface area contributed by atoms with E-state index in [1.165, 1.54) is 11.1 Å². The van der Waals surface area contributed by atoms with Crippen molar-refractivity contribution >= 4 is 22.2 Å². The summed E-state index contributed by atoms with van der Waals surface area (Å²) >= 11 is 3.60. The van der Waals surface area contributed by atoms with E-state index in [0.29, 0.717) is 5.92 Å². The Bertz CT molecular complexity index is 525. The van der Waals surface area contributed by atoms with E-state index in [-0.39, 0.29) is 17.4 Å². The van der Waals surface area contributed by atoms with Gasteiger partial charge in [-0.15, -0.1) is 0 Å². The number of aldehydes is 1. The molecule has 1 aromatic carbocycles. The monoisotopic (exact) mass is 308 g/mol. The number of hydrogen-bond acceptors (Lipinski definition) is 2. The molecule has 1 heterocycles. The maximum Gasteiger partial charge on any atom is 0.127 e. The van der Waals surface area contributed by atoms with Crippen LogP contribution in [-0.2, 0) is 10.2 Å². The lowest BCUT2D eigenvalue weighted by Gasteiger charge is -2.35. The molecule has 0 unspecified atom stereocenters. The summed E-state index contributed by atoms with van der Waals surface area (Å²) in [5, 5.41) is 0. The lowest BCUT2D eigenvalue weighted by atomic mass is 9.72. The highest BCUT2D eigenvalue weighted by Crippen LogP contribution is 2.55.